The van der Waals surface area contributed by atoms with Crippen LogP contribution in [0.3, 0.4) is 0 Å². The first-order valence-corrected chi connectivity index (χ1v) is 11.1. The Kier molecular flexibility index (Phi) is 9.83. The Bertz CT molecular complexity index is 1980. The van der Waals surface area contributed by atoms with Gasteiger partial charge in [-0.15, -0.1) is 0 Å². The molecule has 4 aromatic carbocycles. The summed E-state index contributed by atoms with van der Waals surface area (Å²) >= 11 is 0. The number of nitrogens with zero attached hydrogens (tertiary/aromatic N) is 1. The third-order valence-corrected chi connectivity index (χ3v) is 5.50. The number of benzene rings is 4. The Hall–Kier alpha value is -4.18. The Morgan fingerprint density at radius 3 is 1.72 bits per heavy atom. The molecule has 0 saturated heterocycles. The molecule has 0 spiro atoms. The van der Waals surface area contributed by atoms with Crippen molar-refractivity contribution in [3.8, 4) is 6.26 Å². The van der Waals surface area contributed by atoms with Gasteiger partial charge in [-0.25, -0.2) is 10.1 Å². The predicted octanol–water partition coefficient (Wildman–Crippen LogP) is 0.797. The number of rotatable bonds is 1. The number of para-hydroxylation sites is 2. The maximum Gasteiger partial charge on any atom is 1.00 e. The molecule has 11 heteroatoms. The first kappa shape index (κ1) is 29.4. The summed E-state index contributed by atoms with van der Waals surface area (Å²) in [6, 6.07) is 23.6. The van der Waals surface area contributed by atoms with Gasteiger partial charge in [-0.2, -0.15) is 0 Å². The normalized spacial score (nSPS) is 9.92. The third kappa shape index (κ3) is 6.28. The third-order valence-electron chi connectivity index (χ3n) is 5.50. The molecule has 0 bridgehead atoms. The number of nitriles is 1. The molecule has 10 nitrogen and oxygen atoms in total. The quantitative estimate of drug-likeness (QED) is 0.117. The van der Waals surface area contributed by atoms with Crippen LogP contribution < -0.4 is 84.1 Å². The smallest absolute Gasteiger partial charge is 0.812 e. The molecule has 0 aliphatic rings. The summed E-state index contributed by atoms with van der Waals surface area (Å²) in [6.45, 7) is 0. The fraction of sp³-hybridized carbons (Fsp3) is 0. The van der Waals surface area contributed by atoms with Crippen LogP contribution in [0, 0.1) is 11.5 Å². The summed E-state index contributed by atoms with van der Waals surface area (Å²) in [7, 11) is 0. The summed E-state index contributed by atoms with van der Waals surface area (Å²) < 4.78 is 11.3. The molecular formula is C28H19KN4O6. The Morgan fingerprint density at radius 2 is 1.18 bits per heavy atom. The molecule has 0 aliphatic heterocycles. The van der Waals surface area contributed by atoms with E-state index in [0.717, 1.165) is 0 Å². The molecule has 2 aromatic heterocycles. The second-order valence-electron chi connectivity index (χ2n) is 7.83. The summed E-state index contributed by atoms with van der Waals surface area (Å²) in [5.41, 5.74) is 13.5. The molecule has 188 valence electrons. The van der Waals surface area contributed by atoms with Crippen LogP contribution in [0.2, 0.25) is 0 Å². The first-order chi connectivity index (χ1) is 18.3. The van der Waals surface area contributed by atoms with Gasteiger partial charge in [0.2, 0.25) is 10.9 Å². The van der Waals surface area contributed by atoms with Crippen molar-refractivity contribution in [1.29, 1.82) is 5.26 Å². The molecule has 6 aromatic rings. The van der Waals surface area contributed by atoms with Crippen LogP contribution in [0.5, 0.6) is 0 Å². The number of urea groups is 1. The first-order valence-electron chi connectivity index (χ1n) is 11.1. The van der Waals surface area contributed by atoms with Crippen molar-refractivity contribution in [3.05, 3.63) is 105 Å². The van der Waals surface area contributed by atoms with Gasteiger partial charge in [0, 0.05) is 11.9 Å². The largest absolute Gasteiger partial charge is 1.00 e. The van der Waals surface area contributed by atoms with Gasteiger partial charge >= 0.3 is 57.4 Å². The van der Waals surface area contributed by atoms with E-state index >= 15 is 0 Å². The molecule has 0 unspecified atom stereocenters. The van der Waals surface area contributed by atoms with Crippen LogP contribution in [0.4, 0.5) is 16.2 Å². The van der Waals surface area contributed by atoms with Gasteiger partial charge in [-0.3, -0.25) is 9.59 Å². The summed E-state index contributed by atoms with van der Waals surface area (Å²) in [4.78, 5) is 35.6. The molecule has 0 radical (unpaired) electrons. The van der Waals surface area contributed by atoms with Crippen LogP contribution in [-0.2, 0) is 0 Å². The van der Waals surface area contributed by atoms with E-state index in [2.05, 4.69) is 5.32 Å². The number of nitrogens with two attached hydrogens (primary N) is 2. The molecule has 0 saturated carbocycles. The number of carbonyl (C=O) groups excluding carboxylic acids is 1. The average Bonchev–Trinajstić information content (AvgIpc) is 2.89. The number of anilines is 2. The van der Waals surface area contributed by atoms with Gasteiger partial charge in [-0.1, -0.05) is 36.4 Å². The van der Waals surface area contributed by atoms with E-state index < -0.39 is 6.03 Å². The molecular weight excluding hydrogens is 527 g/mol. The molecule has 39 heavy (non-hydrogen) atoms. The van der Waals surface area contributed by atoms with E-state index in [1.807, 2.05) is 12.1 Å². The Labute approximate surface area is 262 Å². The number of carbonyl (C=O) groups is 1. The second kappa shape index (κ2) is 13.1. The number of primary amides is 1. The van der Waals surface area contributed by atoms with E-state index in [-0.39, 0.29) is 62.2 Å². The monoisotopic (exact) mass is 546 g/mol. The topological polar surface area (TPSA) is 188 Å². The van der Waals surface area contributed by atoms with Crippen LogP contribution >= 0.6 is 0 Å². The van der Waals surface area contributed by atoms with Crippen molar-refractivity contribution >= 4 is 61.3 Å². The summed E-state index contributed by atoms with van der Waals surface area (Å²) in [5.74, 6) is 0. The van der Waals surface area contributed by atoms with Gasteiger partial charge in [0.1, 0.15) is 22.3 Å². The number of nitrogen functional groups attached to an aromatic ring is 1. The van der Waals surface area contributed by atoms with E-state index in [4.69, 9.17) is 30.7 Å². The van der Waals surface area contributed by atoms with Crippen molar-refractivity contribution in [1.82, 2.24) is 0 Å². The standard InChI is InChI=1S/C14H10N2O3.C13H9NO2.CHNO.K/c15-14(18)16-9-5-3-7-11-12(9)13(17)8-4-1-2-6-10(8)19-11;14-9-5-3-7-11-12(9)13(15)8-4-1-2-6-10(8)16-11;2-1-3;/h1-7H,(H3,15,16,18);1-7H,14H2;3H;/q;;;+1/p-1. The van der Waals surface area contributed by atoms with Crippen molar-refractivity contribution in [2.45, 2.75) is 0 Å². The zero-order chi connectivity index (χ0) is 27.2. The SMILES string of the molecule is N#C[O-].NC(=O)Nc1cccc2oc3ccccc3c(=O)c12.Nc1cccc2oc3ccccc3c(=O)c12.[K+]. The average molecular weight is 547 g/mol. The molecule has 6 rings (SSSR count). The maximum absolute atomic E-state index is 12.4. The van der Waals surface area contributed by atoms with Crippen LogP contribution in [0.25, 0.3) is 43.9 Å². The minimum atomic E-state index is -0.722. The fourth-order valence-electron chi connectivity index (χ4n) is 3.96. The molecule has 5 N–H and O–H groups in total. The van der Waals surface area contributed by atoms with E-state index in [1.165, 1.54) is 0 Å². The number of hydrogen-bond donors (Lipinski definition) is 3. The van der Waals surface area contributed by atoms with Gasteiger partial charge in [-0.05, 0) is 48.5 Å². The van der Waals surface area contributed by atoms with Crippen LogP contribution in [0.1, 0.15) is 0 Å². The van der Waals surface area contributed by atoms with Crippen molar-refractivity contribution < 1.29 is 70.1 Å². The maximum atomic E-state index is 12.4. The van der Waals surface area contributed by atoms with Gasteiger partial charge in [0.05, 0.1) is 27.2 Å². The van der Waals surface area contributed by atoms with Gasteiger partial charge < -0.3 is 30.7 Å². The minimum Gasteiger partial charge on any atom is -0.812 e. The van der Waals surface area contributed by atoms with Crippen molar-refractivity contribution in [2.24, 2.45) is 5.73 Å². The molecule has 2 heterocycles. The van der Waals surface area contributed by atoms with Gasteiger partial charge in [0.25, 0.3) is 0 Å². The van der Waals surface area contributed by atoms with Gasteiger partial charge in [0.15, 0.2) is 0 Å². The summed E-state index contributed by atoms with van der Waals surface area (Å²) in [6.07, 6.45) is 0.500. The number of fused-ring (bicyclic) bond motifs is 4. The van der Waals surface area contributed by atoms with Crippen molar-refractivity contribution in [2.75, 3.05) is 11.1 Å². The fourth-order valence-corrected chi connectivity index (χ4v) is 3.96. The van der Waals surface area contributed by atoms with Crippen molar-refractivity contribution in [3.63, 3.8) is 0 Å². The van der Waals surface area contributed by atoms with Crippen LogP contribution in [0.15, 0.2) is 103 Å². The van der Waals surface area contributed by atoms with E-state index in [1.54, 1.807) is 72.8 Å². The molecule has 0 atom stereocenters. The minimum absolute atomic E-state index is 0. The predicted molar refractivity (Wildman–Crippen MR) is 143 cm³/mol. The van der Waals surface area contributed by atoms with E-state index in [9.17, 15) is 14.4 Å². The Balaban J connectivity index is 0.000000194. The second-order valence-corrected chi connectivity index (χ2v) is 7.83. The number of amides is 2. The molecule has 0 fully saturated rings. The van der Waals surface area contributed by atoms with E-state index in [0.29, 0.717) is 61.5 Å². The number of nitrogens with one attached hydrogen (secondary N) is 1. The zero-order valence-electron chi connectivity index (χ0n) is 20.6. The van der Waals surface area contributed by atoms with Crippen LogP contribution in [-0.4, -0.2) is 6.03 Å². The molecule has 2 amide bonds. The Morgan fingerprint density at radius 1 is 0.744 bits per heavy atom. The number of hydrogen-bond acceptors (Lipinski definition) is 8. The molecule has 0 aliphatic carbocycles. The summed E-state index contributed by atoms with van der Waals surface area (Å²) in [5, 5.41) is 19.2. The zero-order valence-corrected chi connectivity index (χ0v) is 23.8.